The van der Waals surface area contributed by atoms with Crippen LogP contribution in [-0.4, -0.2) is 37.4 Å². The molecule has 0 bridgehead atoms. The molecule has 0 saturated carbocycles. The van der Waals surface area contributed by atoms with Crippen LogP contribution in [0.3, 0.4) is 0 Å². The molecule has 17 heavy (non-hydrogen) atoms. The zero-order chi connectivity index (χ0) is 12.7. The molecular formula is C9H18N4O3S. The maximum atomic E-state index is 11.5. The first-order chi connectivity index (χ1) is 8.03. The van der Waals surface area contributed by atoms with Crippen molar-refractivity contribution < 1.29 is 12.9 Å². The van der Waals surface area contributed by atoms with Crippen LogP contribution in [-0.2, 0) is 16.6 Å². The van der Waals surface area contributed by atoms with Gasteiger partial charge in [0.05, 0.1) is 12.3 Å². The molecule has 98 valence electrons. The first-order valence-corrected chi connectivity index (χ1v) is 7.16. The van der Waals surface area contributed by atoms with Crippen molar-refractivity contribution in [3.05, 3.63) is 11.7 Å². The van der Waals surface area contributed by atoms with Crippen LogP contribution in [0.1, 0.15) is 25.1 Å². The van der Waals surface area contributed by atoms with Gasteiger partial charge in [-0.25, -0.2) is 13.1 Å². The smallest absolute Gasteiger partial charge is 0.241 e. The summed E-state index contributed by atoms with van der Waals surface area (Å²) >= 11 is 0. The van der Waals surface area contributed by atoms with Crippen molar-refractivity contribution >= 4 is 10.0 Å². The molecule has 0 atom stereocenters. The molecule has 0 aliphatic rings. The molecule has 1 aromatic rings. The van der Waals surface area contributed by atoms with Crippen LogP contribution in [0.5, 0.6) is 0 Å². The number of rotatable bonds is 8. The maximum Gasteiger partial charge on any atom is 0.241 e. The van der Waals surface area contributed by atoms with E-state index in [9.17, 15) is 8.42 Å². The van der Waals surface area contributed by atoms with Crippen LogP contribution in [0.4, 0.5) is 0 Å². The lowest BCUT2D eigenvalue weighted by atomic mass is 10.5. The predicted octanol–water partition coefficient (Wildman–Crippen LogP) is -0.203. The topological polar surface area (TPSA) is 97.1 Å². The Balaban J connectivity index is 2.29. The maximum absolute atomic E-state index is 11.5. The SMILES string of the molecule is CCCNCCS(=O)(=O)NCc1nc(C)no1. The highest BCUT2D eigenvalue weighted by Gasteiger charge is 2.11. The van der Waals surface area contributed by atoms with Gasteiger partial charge in [0.25, 0.3) is 0 Å². The third-order valence-electron chi connectivity index (χ3n) is 1.99. The van der Waals surface area contributed by atoms with Crippen molar-refractivity contribution in [3.63, 3.8) is 0 Å². The standard InChI is InChI=1S/C9H18N4O3S/c1-3-4-10-5-6-17(14,15)11-7-9-12-8(2)13-16-9/h10-11H,3-7H2,1-2H3. The quantitative estimate of drug-likeness (QED) is 0.630. The van der Waals surface area contributed by atoms with Gasteiger partial charge in [-0.05, 0) is 19.9 Å². The lowest BCUT2D eigenvalue weighted by Crippen LogP contribution is -2.32. The Morgan fingerprint density at radius 1 is 1.35 bits per heavy atom. The van der Waals surface area contributed by atoms with Gasteiger partial charge in [-0.2, -0.15) is 4.98 Å². The first kappa shape index (κ1) is 14.1. The Hall–Kier alpha value is -0.990. The van der Waals surface area contributed by atoms with Crippen molar-refractivity contribution in [2.75, 3.05) is 18.8 Å². The lowest BCUT2D eigenvalue weighted by Gasteiger charge is -2.05. The Morgan fingerprint density at radius 2 is 2.12 bits per heavy atom. The van der Waals surface area contributed by atoms with Gasteiger partial charge in [-0.15, -0.1) is 0 Å². The molecule has 0 radical (unpaired) electrons. The van der Waals surface area contributed by atoms with E-state index < -0.39 is 10.0 Å². The highest BCUT2D eigenvalue weighted by Crippen LogP contribution is 1.96. The van der Waals surface area contributed by atoms with E-state index in [1.54, 1.807) is 6.92 Å². The molecule has 0 unspecified atom stereocenters. The van der Waals surface area contributed by atoms with E-state index in [1.807, 2.05) is 6.92 Å². The molecule has 0 saturated heterocycles. The summed E-state index contributed by atoms with van der Waals surface area (Å²) in [5.74, 6) is 0.802. The molecule has 8 heteroatoms. The van der Waals surface area contributed by atoms with Gasteiger partial charge in [0.15, 0.2) is 5.82 Å². The third-order valence-corrected chi connectivity index (χ3v) is 3.31. The molecule has 1 aromatic heterocycles. The van der Waals surface area contributed by atoms with Gasteiger partial charge in [0, 0.05) is 6.54 Å². The summed E-state index contributed by atoms with van der Waals surface area (Å²) in [5.41, 5.74) is 0. The second-order valence-electron chi connectivity index (χ2n) is 3.63. The van der Waals surface area contributed by atoms with E-state index in [-0.39, 0.29) is 18.2 Å². The fourth-order valence-corrected chi connectivity index (χ4v) is 2.06. The van der Waals surface area contributed by atoms with Crippen LogP contribution in [0.15, 0.2) is 4.52 Å². The molecule has 0 aliphatic heterocycles. The molecule has 2 N–H and O–H groups in total. The number of aromatic nitrogens is 2. The van der Waals surface area contributed by atoms with Crippen molar-refractivity contribution in [2.45, 2.75) is 26.8 Å². The van der Waals surface area contributed by atoms with E-state index in [0.717, 1.165) is 13.0 Å². The second kappa shape index (κ2) is 6.67. The molecule has 1 heterocycles. The number of nitrogens with zero attached hydrogens (tertiary/aromatic N) is 2. The van der Waals surface area contributed by atoms with Crippen molar-refractivity contribution in [3.8, 4) is 0 Å². The Bertz CT molecular complexity index is 429. The molecule has 0 fully saturated rings. The van der Waals surface area contributed by atoms with Crippen molar-refractivity contribution in [1.29, 1.82) is 0 Å². The number of sulfonamides is 1. The van der Waals surface area contributed by atoms with Crippen LogP contribution in [0.25, 0.3) is 0 Å². The average Bonchev–Trinajstić information content (AvgIpc) is 2.68. The van der Waals surface area contributed by atoms with Gasteiger partial charge >= 0.3 is 0 Å². The van der Waals surface area contributed by atoms with Gasteiger partial charge in [-0.1, -0.05) is 12.1 Å². The Labute approximate surface area is 101 Å². The van der Waals surface area contributed by atoms with Crippen LogP contribution in [0, 0.1) is 6.92 Å². The molecular weight excluding hydrogens is 244 g/mol. The van der Waals surface area contributed by atoms with Gasteiger partial charge in [0.1, 0.15) is 0 Å². The summed E-state index contributed by atoms with van der Waals surface area (Å²) in [6, 6.07) is 0. The second-order valence-corrected chi connectivity index (χ2v) is 5.55. The van der Waals surface area contributed by atoms with E-state index >= 15 is 0 Å². The zero-order valence-electron chi connectivity index (χ0n) is 10.1. The fourth-order valence-electron chi connectivity index (χ4n) is 1.16. The van der Waals surface area contributed by atoms with Crippen molar-refractivity contribution in [2.24, 2.45) is 0 Å². The minimum atomic E-state index is -3.29. The molecule has 7 nitrogen and oxygen atoms in total. The summed E-state index contributed by atoms with van der Waals surface area (Å²) in [5, 5.41) is 6.59. The molecule has 0 aliphatic carbocycles. The van der Waals surface area contributed by atoms with Crippen LogP contribution < -0.4 is 10.0 Å². The van der Waals surface area contributed by atoms with E-state index in [2.05, 4.69) is 20.2 Å². The summed E-state index contributed by atoms with van der Waals surface area (Å²) in [6.45, 7) is 5.00. The highest BCUT2D eigenvalue weighted by atomic mass is 32.2. The van der Waals surface area contributed by atoms with Gasteiger partial charge in [-0.3, -0.25) is 0 Å². The summed E-state index contributed by atoms with van der Waals surface area (Å²) < 4.78 is 30.3. The number of hydrogen-bond acceptors (Lipinski definition) is 6. The van der Waals surface area contributed by atoms with Crippen molar-refractivity contribution in [1.82, 2.24) is 20.2 Å². The largest absolute Gasteiger partial charge is 0.338 e. The zero-order valence-corrected chi connectivity index (χ0v) is 10.9. The number of nitrogens with one attached hydrogen (secondary N) is 2. The number of aryl methyl sites for hydroxylation is 1. The first-order valence-electron chi connectivity index (χ1n) is 5.50. The van der Waals surface area contributed by atoms with E-state index in [0.29, 0.717) is 12.4 Å². The van der Waals surface area contributed by atoms with Gasteiger partial charge < -0.3 is 9.84 Å². The molecule has 0 aromatic carbocycles. The van der Waals surface area contributed by atoms with Crippen LogP contribution in [0.2, 0.25) is 0 Å². The Kier molecular flexibility index (Phi) is 5.52. The Morgan fingerprint density at radius 3 is 2.71 bits per heavy atom. The summed E-state index contributed by atoms with van der Waals surface area (Å²) in [6.07, 6.45) is 0.981. The van der Waals surface area contributed by atoms with E-state index in [1.165, 1.54) is 0 Å². The molecule has 1 rings (SSSR count). The van der Waals surface area contributed by atoms with Gasteiger partial charge in [0.2, 0.25) is 15.9 Å². The monoisotopic (exact) mass is 262 g/mol. The highest BCUT2D eigenvalue weighted by molar-refractivity contribution is 7.89. The molecule has 0 amide bonds. The normalized spacial score (nSPS) is 11.9. The lowest BCUT2D eigenvalue weighted by molar-refractivity contribution is 0.372. The summed E-state index contributed by atoms with van der Waals surface area (Å²) in [4.78, 5) is 3.90. The average molecular weight is 262 g/mol. The third kappa shape index (κ3) is 5.76. The number of hydrogen-bond donors (Lipinski definition) is 2. The minimum Gasteiger partial charge on any atom is -0.338 e. The minimum absolute atomic E-state index is 0.0386. The summed E-state index contributed by atoms with van der Waals surface area (Å²) in [7, 11) is -3.29. The van der Waals surface area contributed by atoms with E-state index in [4.69, 9.17) is 4.52 Å². The fraction of sp³-hybridized carbons (Fsp3) is 0.778. The molecule has 0 spiro atoms. The van der Waals surface area contributed by atoms with Crippen LogP contribution >= 0.6 is 0 Å². The predicted molar refractivity (Wildman–Crippen MR) is 62.8 cm³/mol.